The normalized spacial score (nSPS) is 20.8. The van der Waals surface area contributed by atoms with Crippen molar-refractivity contribution in [2.75, 3.05) is 24.5 Å². The van der Waals surface area contributed by atoms with Crippen LogP contribution in [0.5, 0.6) is 0 Å². The van der Waals surface area contributed by atoms with Crippen LogP contribution < -0.4 is 4.90 Å². The molecule has 1 fully saturated rings. The van der Waals surface area contributed by atoms with E-state index >= 15 is 0 Å². The molecule has 1 amide bonds. The van der Waals surface area contributed by atoms with E-state index in [9.17, 15) is 4.79 Å². The Morgan fingerprint density at radius 1 is 0.958 bits per heavy atom. The van der Waals surface area contributed by atoms with Gasteiger partial charge in [0.05, 0.1) is 12.2 Å². The molecule has 2 aliphatic rings. The zero-order valence-electron chi connectivity index (χ0n) is 13.7. The Bertz CT molecular complexity index is 713. The van der Waals surface area contributed by atoms with Crippen molar-refractivity contribution in [3.63, 3.8) is 0 Å². The summed E-state index contributed by atoms with van der Waals surface area (Å²) in [5, 5.41) is 0.0425. The van der Waals surface area contributed by atoms with E-state index < -0.39 is 0 Å². The fourth-order valence-electron chi connectivity index (χ4n) is 3.54. The Labute approximate surface area is 147 Å². The van der Waals surface area contributed by atoms with Gasteiger partial charge in [-0.25, -0.2) is 0 Å². The maximum atomic E-state index is 13.1. The molecule has 0 saturated carbocycles. The third-order valence-electron chi connectivity index (χ3n) is 4.76. The summed E-state index contributed by atoms with van der Waals surface area (Å²) in [5.74, 6) is 0.211. The van der Waals surface area contributed by atoms with Crippen LogP contribution in [0.2, 0.25) is 0 Å². The van der Waals surface area contributed by atoms with E-state index in [4.69, 9.17) is 0 Å². The predicted molar refractivity (Wildman–Crippen MR) is 99.3 cm³/mol. The molecule has 2 heterocycles. The van der Waals surface area contributed by atoms with E-state index in [1.807, 2.05) is 35.2 Å². The molecule has 24 heavy (non-hydrogen) atoms. The number of fused-ring (bicyclic) bond motifs is 1. The van der Waals surface area contributed by atoms with Crippen molar-refractivity contribution < 1.29 is 4.79 Å². The fourth-order valence-corrected chi connectivity index (χ4v) is 4.85. The largest absolute Gasteiger partial charge is 0.294 e. The van der Waals surface area contributed by atoms with Gasteiger partial charge in [-0.1, -0.05) is 60.6 Å². The molecule has 1 atom stereocenters. The lowest BCUT2D eigenvalue weighted by Crippen LogP contribution is -2.42. The van der Waals surface area contributed by atoms with Gasteiger partial charge in [0.2, 0.25) is 5.91 Å². The first-order chi connectivity index (χ1) is 11.8. The molecule has 2 aromatic carbocycles. The molecule has 2 aliphatic heterocycles. The zero-order chi connectivity index (χ0) is 16.4. The third kappa shape index (κ3) is 3.08. The fraction of sp³-hybridized carbons (Fsp3) is 0.350. The summed E-state index contributed by atoms with van der Waals surface area (Å²) in [7, 11) is 0. The van der Waals surface area contributed by atoms with Gasteiger partial charge >= 0.3 is 0 Å². The van der Waals surface area contributed by atoms with Gasteiger partial charge in [-0.15, -0.1) is 0 Å². The zero-order valence-corrected chi connectivity index (χ0v) is 14.5. The predicted octanol–water partition coefficient (Wildman–Crippen LogP) is 4.31. The number of nitrogens with zero attached hydrogens (tertiary/aromatic N) is 2. The average molecular weight is 338 g/mol. The first kappa shape index (κ1) is 15.7. The molecule has 0 aromatic heterocycles. The maximum Gasteiger partial charge on any atom is 0.242 e. The highest BCUT2D eigenvalue weighted by molar-refractivity contribution is 8.00. The lowest BCUT2D eigenvalue weighted by atomic mass is 10.1. The van der Waals surface area contributed by atoms with Crippen LogP contribution in [0, 0.1) is 0 Å². The number of benzene rings is 2. The lowest BCUT2D eigenvalue weighted by molar-refractivity contribution is -0.120. The van der Waals surface area contributed by atoms with E-state index in [0.29, 0.717) is 6.54 Å². The van der Waals surface area contributed by atoms with Gasteiger partial charge in [-0.2, -0.15) is 0 Å². The van der Waals surface area contributed by atoms with E-state index in [2.05, 4.69) is 29.2 Å². The molecule has 0 aliphatic carbocycles. The standard InChI is InChI=1S/C20H22N2OS/c23-19(15-21-13-7-2-8-14-21)22-17-11-5-6-12-18(17)24-20(22)16-9-3-1-4-10-16/h1,3-6,9-12,20H,2,7-8,13-15H2. The quantitative estimate of drug-likeness (QED) is 0.833. The molecule has 0 spiro atoms. The van der Waals surface area contributed by atoms with Crippen molar-refractivity contribution in [2.45, 2.75) is 29.5 Å². The summed E-state index contributed by atoms with van der Waals surface area (Å²) in [4.78, 5) is 18.6. The number of thioether (sulfide) groups is 1. The number of carbonyl (C=O) groups is 1. The van der Waals surface area contributed by atoms with Crippen LogP contribution >= 0.6 is 11.8 Å². The average Bonchev–Trinajstić information content (AvgIpc) is 3.03. The molecule has 1 saturated heterocycles. The molecular formula is C20H22N2OS. The van der Waals surface area contributed by atoms with Gasteiger partial charge in [0, 0.05) is 4.90 Å². The van der Waals surface area contributed by atoms with Crippen LogP contribution in [-0.4, -0.2) is 30.4 Å². The summed E-state index contributed by atoms with van der Waals surface area (Å²) >= 11 is 1.77. The van der Waals surface area contributed by atoms with Gasteiger partial charge in [-0.05, 0) is 43.6 Å². The number of piperidine rings is 1. The number of para-hydroxylation sites is 1. The molecule has 0 radical (unpaired) electrons. The topological polar surface area (TPSA) is 23.6 Å². The monoisotopic (exact) mass is 338 g/mol. The van der Waals surface area contributed by atoms with Crippen LogP contribution in [0.15, 0.2) is 59.5 Å². The number of hydrogen-bond donors (Lipinski definition) is 0. The highest BCUT2D eigenvalue weighted by atomic mass is 32.2. The molecule has 3 nitrogen and oxygen atoms in total. The Morgan fingerprint density at radius 3 is 2.46 bits per heavy atom. The molecule has 1 unspecified atom stereocenters. The minimum atomic E-state index is 0.0425. The molecule has 2 aromatic rings. The van der Waals surface area contributed by atoms with Gasteiger partial charge in [0.15, 0.2) is 0 Å². The van der Waals surface area contributed by atoms with Crippen LogP contribution in [0.1, 0.15) is 30.2 Å². The van der Waals surface area contributed by atoms with E-state index in [-0.39, 0.29) is 11.3 Å². The molecule has 4 heteroatoms. The minimum Gasteiger partial charge on any atom is -0.294 e. The number of hydrogen-bond acceptors (Lipinski definition) is 3. The second-order valence-electron chi connectivity index (χ2n) is 6.45. The Kier molecular flexibility index (Phi) is 4.58. The van der Waals surface area contributed by atoms with Crippen molar-refractivity contribution in [1.29, 1.82) is 0 Å². The van der Waals surface area contributed by atoms with Gasteiger partial charge in [0.1, 0.15) is 5.37 Å². The molecule has 124 valence electrons. The van der Waals surface area contributed by atoms with Crippen molar-refractivity contribution in [2.24, 2.45) is 0 Å². The summed E-state index contributed by atoms with van der Waals surface area (Å²) in [6.07, 6.45) is 3.71. The summed E-state index contributed by atoms with van der Waals surface area (Å²) in [6.45, 7) is 2.62. The Morgan fingerprint density at radius 2 is 1.67 bits per heavy atom. The van der Waals surface area contributed by atoms with E-state index in [1.54, 1.807) is 11.8 Å². The number of anilines is 1. The first-order valence-corrected chi connectivity index (χ1v) is 9.56. The van der Waals surface area contributed by atoms with Gasteiger partial charge < -0.3 is 0 Å². The molecule has 4 rings (SSSR count). The third-order valence-corrected chi connectivity index (χ3v) is 6.06. The summed E-state index contributed by atoms with van der Waals surface area (Å²) in [5.41, 5.74) is 2.24. The highest BCUT2D eigenvalue weighted by Crippen LogP contribution is 2.51. The van der Waals surface area contributed by atoms with Gasteiger partial charge in [-0.3, -0.25) is 14.6 Å². The second-order valence-corrected chi connectivity index (χ2v) is 7.57. The first-order valence-electron chi connectivity index (χ1n) is 8.68. The van der Waals surface area contributed by atoms with Crippen LogP contribution in [0.3, 0.4) is 0 Å². The SMILES string of the molecule is O=C(CN1CCCCC1)N1c2ccccc2SC1c1ccccc1. The molecular weight excluding hydrogens is 316 g/mol. The Hall–Kier alpha value is -1.78. The summed E-state index contributed by atoms with van der Waals surface area (Å²) in [6, 6.07) is 18.6. The smallest absolute Gasteiger partial charge is 0.242 e. The summed E-state index contributed by atoms with van der Waals surface area (Å²) < 4.78 is 0. The van der Waals surface area contributed by atoms with Crippen molar-refractivity contribution in [1.82, 2.24) is 4.90 Å². The maximum absolute atomic E-state index is 13.1. The minimum absolute atomic E-state index is 0.0425. The van der Waals surface area contributed by atoms with E-state index in [1.165, 1.54) is 29.7 Å². The Balaban J connectivity index is 1.62. The van der Waals surface area contributed by atoms with Crippen molar-refractivity contribution in [3.05, 3.63) is 60.2 Å². The number of amides is 1. The molecule has 0 bridgehead atoms. The lowest BCUT2D eigenvalue weighted by Gasteiger charge is -2.30. The highest BCUT2D eigenvalue weighted by Gasteiger charge is 2.35. The molecule has 0 N–H and O–H groups in total. The number of carbonyl (C=O) groups excluding carboxylic acids is 1. The van der Waals surface area contributed by atoms with Crippen molar-refractivity contribution >= 4 is 23.4 Å². The van der Waals surface area contributed by atoms with E-state index in [0.717, 1.165) is 18.8 Å². The van der Waals surface area contributed by atoms with Crippen molar-refractivity contribution in [3.8, 4) is 0 Å². The van der Waals surface area contributed by atoms with Crippen LogP contribution in [0.25, 0.3) is 0 Å². The number of rotatable bonds is 3. The van der Waals surface area contributed by atoms with Gasteiger partial charge in [0.25, 0.3) is 0 Å². The van der Waals surface area contributed by atoms with Crippen LogP contribution in [0.4, 0.5) is 5.69 Å². The number of likely N-dealkylation sites (tertiary alicyclic amines) is 1. The second kappa shape index (κ2) is 6.99. The van der Waals surface area contributed by atoms with Crippen LogP contribution in [-0.2, 0) is 4.79 Å².